The number of hydrogen-bond acceptors (Lipinski definition) is 3. The van der Waals surface area contributed by atoms with Crippen LogP contribution in [0.15, 0.2) is 47.5 Å². The van der Waals surface area contributed by atoms with E-state index in [9.17, 15) is 4.79 Å². The Morgan fingerprint density at radius 3 is 2.74 bits per heavy atom. The van der Waals surface area contributed by atoms with Gasteiger partial charge in [0.25, 0.3) is 0 Å². The summed E-state index contributed by atoms with van der Waals surface area (Å²) in [5.41, 5.74) is 1.22. The van der Waals surface area contributed by atoms with Crippen molar-refractivity contribution in [2.24, 2.45) is 4.99 Å². The second-order valence-corrected chi connectivity index (χ2v) is 4.35. The summed E-state index contributed by atoms with van der Waals surface area (Å²) < 4.78 is 5.72. The van der Waals surface area contributed by atoms with Crippen LogP contribution in [0.3, 0.4) is 0 Å². The molecular formula is C14H8ClNO3. The van der Waals surface area contributed by atoms with Crippen LogP contribution in [0.4, 0.5) is 5.69 Å². The summed E-state index contributed by atoms with van der Waals surface area (Å²) in [6.45, 7) is 0. The van der Waals surface area contributed by atoms with Gasteiger partial charge in [-0.2, -0.15) is 0 Å². The molecule has 1 aliphatic rings. The maximum Gasteiger partial charge on any atom is 0.335 e. The molecule has 4 nitrogen and oxygen atoms in total. The lowest BCUT2D eigenvalue weighted by molar-refractivity contribution is 0.0697. The van der Waals surface area contributed by atoms with Crippen molar-refractivity contribution >= 4 is 28.4 Å². The first-order valence-electron chi connectivity index (χ1n) is 5.54. The Morgan fingerprint density at radius 2 is 1.95 bits per heavy atom. The number of rotatable bonds is 1. The molecule has 2 aromatic rings. The number of nitrogens with zero attached hydrogens (tertiary/aromatic N) is 1. The Bertz CT molecular complexity index is 710. The van der Waals surface area contributed by atoms with Crippen LogP contribution in [0.2, 0.25) is 0 Å². The lowest BCUT2D eigenvalue weighted by Crippen LogP contribution is -1.95. The lowest BCUT2D eigenvalue weighted by atomic mass is 10.2. The molecule has 0 amide bonds. The van der Waals surface area contributed by atoms with E-state index in [1.807, 2.05) is 12.1 Å². The molecule has 1 N–H and O–H groups in total. The average Bonchev–Trinajstić information content (AvgIpc) is 2.54. The van der Waals surface area contributed by atoms with Crippen molar-refractivity contribution in [3.05, 3.63) is 53.6 Å². The highest BCUT2D eigenvalue weighted by atomic mass is 35.5. The van der Waals surface area contributed by atoms with E-state index in [0.717, 1.165) is 0 Å². The number of aliphatic imine (C=N–C) groups is 1. The molecule has 3 rings (SSSR count). The number of benzene rings is 2. The van der Waals surface area contributed by atoms with Crippen molar-refractivity contribution < 1.29 is 14.6 Å². The van der Waals surface area contributed by atoms with Crippen molar-refractivity contribution in [1.82, 2.24) is 0 Å². The monoisotopic (exact) mass is 273 g/mol. The van der Waals surface area contributed by atoms with E-state index in [1.165, 1.54) is 12.1 Å². The predicted molar refractivity (Wildman–Crippen MR) is 72.0 cm³/mol. The molecule has 0 unspecified atom stereocenters. The summed E-state index contributed by atoms with van der Waals surface area (Å²) in [5.74, 6) is 0.0575. The largest absolute Gasteiger partial charge is 0.478 e. The number of carboxylic acid groups (broad SMARTS) is 1. The molecule has 0 radical (unpaired) electrons. The fourth-order valence-corrected chi connectivity index (χ4v) is 2.08. The summed E-state index contributed by atoms with van der Waals surface area (Å²) >= 11 is 6.13. The van der Waals surface area contributed by atoms with Gasteiger partial charge < -0.3 is 9.84 Å². The molecule has 0 aromatic heterocycles. The Balaban J connectivity index is 2.19. The van der Waals surface area contributed by atoms with Gasteiger partial charge in [0.1, 0.15) is 16.6 Å². The van der Waals surface area contributed by atoms with Gasteiger partial charge in [-0.3, -0.25) is 0 Å². The van der Waals surface area contributed by atoms with Crippen LogP contribution in [0.5, 0.6) is 11.5 Å². The molecule has 19 heavy (non-hydrogen) atoms. The molecule has 5 heteroatoms. The number of hydrogen-bond donors (Lipinski definition) is 1. The summed E-state index contributed by atoms with van der Waals surface area (Å²) in [6.07, 6.45) is 0. The highest BCUT2D eigenvalue weighted by Gasteiger charge is 2.17. The van der Waals surface area contributed by atoms with Gasteiger partial charge in [0.15, 0.2) is 5.75 Å². The maximum atomic E-state index is 11.0. The smallest absolute Gasteiger partial charge is 0.335 e. The minimum atomic E-state index is -1.02. The molecule has 0 atom stereocenters. The first-order chi connectivity index (χ1) is 9.15. The fraction of sp³-hybridized carbons (Fsp3) is 0. The number of carbonyl (C=O) groups is 1. The topological polar surface area (TPSA) is 58.9 Å². The zero-order valence-electron chi connectivity index (χ0n) is 9.63. The third-order valence-corrected chi connectivity index (χ3v) is 3.04. The van der Waals surface area contributed by atoms with E-state index < -0.39 is 5.97 Å². The Morgan fingerprint density at radius 1 is 1.16 bits per heavy atom. The van der Waals surface area contributed by atoms with Crippen LogP contribution in [0.1, 0.15) is 15.9 Å². The van der Waals surface area contributed by atoms with Gasteiger partial charge >= 0.3 is 5.97 Å². The van der Waals surface area contributed by atoms with Gasteiger partial charge in [-0.1, -0.05) is 23.7 Å². The predicted octanol–water partition coefficient (Wildman–Crippen LogP) is 3.81. The normalized spacial score (nSPS) is 12.6. The van der Waals surface area contributed by atoms with Crippen LogP contribution < -0.4 is 4.74 Å². The fourth-order valence-electron chi connectivity index (χ4n) is 1.83. The third-order valence-electron chi connectivity index (χ3n) is 2.75. The zero-order valence-corrected chi connectivity index (χ0v) is 10.4. The van der Waals surface area contributed by atoms with E-state index in [2.05, 4.69) is 4.99 Å². The first kappa shape index (κ1) is 11.7. The van der Waals surface area contributed by atoms with Crippen LogP contribution in [0.25, 0.3) is 0 Å². The second-order valence-electron chi connectivity index (χ2n) is 3.99. The van der Waals surface area contributed by atoms with Crippen molar-refractivity contribution in [3.63, 3.8) is 0 Å². The summed E-state index contributed by atoms with van der Waals surface area (Å²) in [4.78, 5) is 15.2. The van der Waals surface area contributed by atoms with Crippen LogP contribution in [0, 0.1) is 0 Å². The molecular weight excluding hydrogens is 266 g/mol. The molecule has 0 bridgehead atoms. The minimum Gasteiger partial charge on any atom is -0.478 e. The van der Waals surface area contributed by atoms with Crippen molar-refractivity contribution in [1.29, 1.82) is 0 Å². The molecule has 0 saturated carbocycles. The average molecular weight is 274 g/mol. The Kier molecular flexibility index (Phi) is 2.72. The van der Waals surface area contributed by atoms with E-state index in [0.29, 0.717) is 22.7 Å². The zero-order chi connectivity index (χ0) is 13.4. The quantitative estimate of drug-likeness (QED) is 0.859. The Labute approximate surface area is 113 Å². The highest BCUT2D eigenvalue weighted by Crippen LogP contribution is 2.38. The standard InChI is InChI=1S/C14H8ClNO3/c15-13-9-3-1-2-4-11(9)19-12-6-5-8(14(17)18)7-10(12)16-13/h1-7H,(H,17,18). The number of halogens is 1. The number of aromatic carboxylic acids is 1. The second kappa shape index (κ2) is 4.40. The molecule has 0 fully saturated rings. The third kappa shape index (κ3) is 2.06. The van der Waals surface area contributed by atoms with Crippen molar-refractivity contribution in [2.75, 3.05) is 0 Å². The van der Waals surface area contributed by atoms with Crippen molar-refractivity contribution in [2.45, 2.75) is 0 Å². The number of para-hydroxylation sites is 1. The minimum absolute atomic E-state index is 0.140. The molecule has 0 saturated heterocycles. The van der Waals surface area contributed by atoms with Gasteiger partial charge in [-0.25, -0.2) is 9.79 Å². The summed E-state index contributed by atoms with van der Waals surface area (Å²) in [6, 6.07) is 11.7. The van der Waals surface area contributed by atoms with Gasteiger partial charge in [0, 0.05) is 0 Å². The highest BCUT2D eigenvalue weighted by molar-refractivity contribution is 6.70. The number of carboxylic acids is 1. The summed E-state index contributed by atoms with van der Waals surface area (Å²) in [5, 5.41) is 9.25. The summed E-state index contributed by atoms with van der Waals surface area (Å²) in [7, 11) is 0. The van der Waals surface area contributed by atoms with Crippen LogP contribution in [-0.4, -0.2) is 16.2 Å². The number of ether oxygens (including phenoxy) is 1. The van der Waals surface area contributed by atoms with E-state index in [-0.39, 0.29) is 10.7 Å². The molecule has 94 valence electrons. The van der Waals surface area contributed by atoms with Crippen LogP contribution >= 0.6 is 11.6 Å². The van der Waals surface area contributed by atoms with Gasteiger partial charge in [0.2, 0.25) is 0 Å². The van der Waals surface area contributed by atoms with Crippen molar-refractivity contribution in [3.8, 4) is 11.5 Å². The van der Waals surface area contributed by atoms with E-state index in [1.54, 1.807) is 18.2 Å². The van der Waals surface area contributed by atoms with E-state index >= 15 is 0 Å². The SMILES string of the molecule is O=C(O)c1ccc2c(c1)N=C(Cl)c1ccccc1O2. The van der Waals surface area contributed by atoms with E-state index in [4.69, 9.17) is 21.4 Å². The van der Waals surface area contributed by atoms with Gasteiger partial charge in [-0.15, -0.1) is 0 Å². The molecule has 2 aromatic carbocycles. The van der Waals surface area contributed by atoms with Gasteiger partial charge in [-0.05, 0) is 30.3 Å². The molecule has 0 spiro atoms. The van der Waals surface area contributed by atoms with Gasteiger partial charge in [0.05, 0.1) is 11.1 Å². The maximum absolute atomic E-state index is 11.0. The molecule has 0 aliphatic carbocycles. The first-order valence-corrected chi connectivity index (χ1v) is 5.92. The Hall–Kier alpha value is -2.33. The molecule has 1 heterocycles. The lowest BCUT2D eigenvalue weighted by Gasteiger charge is -2.07. The molecule has 1 aliphatic heterocycles. The number of fused-ring (bicyclic) bond motifs is 2. The van der Waals surface area contributed by atoms with Crippen LogP contribution in [-0.2, 0) is 0 Å².